The number of aliphatic hydroxyl groups excluding tert-OH is 1. The van der Waals surface area contributed by atoms with Crippen molar-refractivity contribution in [2.75, 3.05) is 46.5 Å². The Morgan fingerprint density at radius 3 is 2.86 bits per heavy atom. The van der Waals surface area contributed by atoms with Crippen molar-refractivity contribution in [1.29, 1.82) is 0 Å². The minimum absolute atomic E-state index is 0.131. The Bertz CT molecular complexity index is 319. The van der Waals surface area contributed by atoms with Gasteiger partial charge in [0.25, 0.3) is 0 Å². The smallest absolute Gasteiger partial charge is 0.223 e. The Kier molecular flexibility index (Phi) is 6.93. The lowest BCUT2D eigenvalue weighted by molar-refractivity contribution is -0.140. The molecule has 122 valence electrons. The van der Waals surface area contributed by atoms with E-state index in [1.807, 2.05) is 11.9 Å². The maximum absolute atomic E-state index is 12.5. The lowest BCUT2D eigenvalue weighted by atomic mass is 10.0. The van der Waals surface area contributed by atoms with Crippen LogP contribution in [0.3, 0.4) is 0 Å². The number of ether oxygens (including phenoxy) is 1. The summed E-state index contributed by atoms with van der Waals surface area (Å²) >= 11 is 0. The van der Waals surface area contributed by atoms with Crippen LogP contribution in [0.5, 0.6) is 0 Å². The SMILES string of the molecule is CN(CCO)C[C@@H]1COCCN1C(=O)CCC1CCCC1. The fourth-order valence-electron chi connectivity index (χ4n) is 3.53. The van der Waals surface area contributed by atoms with Crippen molar-refractivity contribution in [3.05, 3.63) is 0 Å². The molecule has 1 amide bonds. The second kappa shape index (κ2) is 8.71. The fourth-order valence-corrected chi connectivity index (χ4v) is 3.53. The zero-order valence-electron chi connectivity index (χ0n) is 13.3. The Hall–Kier alpha value is -0.650. The van der Waals surface area contributed by atoms with Crippen molar-refractivity contribution >= 4 is 5.91 Å². The van der Waals surface area contributed by atoms with Gasteiger partial charge in [-0.25, -0.2) is 0 Å². The average molecular weight is 298 g/mol. The third kappa shape index (κ3) is 5.24. The summed E-state index contributed by atoms with van der Waals surface area (Å²) in [5, 5.41) is 8.99. The highest BCUT2D eigenvalue weighted by molar-refractivity contribution is 5.76. The van der Waals surface area contributed by atoms with Gasteiger partial charge in [0.05, 0.1) is 25.9 Å². The first-order chi connectivity index (χ1) is 10.2. The highest BCUT2D eigenvalue weighted by Gasteiger charge is 2.28. The topological polar surface area (TPSA) is 53.0 Å². The molecule has 0 aromatic carbocycles. The zero-order valence-corrected chi connectivity index (χ0v) is 13.3. The molecule has 21 heavy (non-hydrogen) atoms. The maximum atomic E-state index is 12.5. The molecule has 5 heteroatoms. The normalized spacial score (nSPS) is 24.0. The quantitative estimate of drug-likeness (QED) is 0.765. The minimum atomic E-state index is 0.131. The molecule has 1 aliphatic carbocycles. The van der Waals surface area contributed by atoms with Crippen LogP contribution in [0.15, 0.2) is 0 Å². The lowest BCUT2D eigenvalue weighted by Gasteiger charge is -2.37. The standard InChI is InChI=1S/C16H30N2O3/c1-17(8-10-19)12-15-13-21-11-9-18(15)16(20)7-6-14-4-2-3-5-14/h14-15,19H,2-13H2,1H3/t15-/m1/s1. The number of carbonyl (C=O) groups excluding carboxylic acids is 1. The van der Waals surface area contributed by atoms with E-state index >= 15 is 0 Å². The second-order valence-electron chi connectivity index (χ2n) is 6.49. The molecule has 1 saturated carbocycles. The molecule has 2 fully saturated rings. The Balaban J connectivity index is 1.80. The van der Waals surface area contributed by atoms with E-state index in [0.29, 0.717) is 32.7 Å². The third-order valence-corrected chi connectivity index (χ3v) is 4.79. The van der Waals surface area contributed by atoms with E-state index in [1.54, 1.807) is 0 Å². The van der Waals surface area contributed by atoms with Crippen molar-refractivity contribution in [2.45, 2.75) is 44.6 Å². The molecule has 1 heterocycles. The van der Waals surface area contributed by atoms with E-state index in [-0.39, 0.29) is 18.6 Å². The molecule has 0 radical (unpaired) electrons. The molecule has 2 rings (SSSR count). The number of rotatable bonds is 7. The fraction of sp³-hybridized carbons (Fsp3) is 0.938. The van der Waals surface area contributed by atoms with Crippen LogP contribution in [0.2, 0.25) is 0 Å². The van der Waals surface area contributed by atoms with Crippen LogP contribution in [0, 0.1) is 5.92 Å². The second-order valence-corrected chi connectivity index (χ2v) is 6.49. The van der Waals surface area contributed by atoms with Crippen molar-refractivity contribution in [3.63, 3.8) is 0 Å². The van der Waals surface area contributed by atoms with Gasteiger partial charge in [0.15, 0.2) is 0 Å². The van der Waals surface area contributed by atoms with Crippen molar-refractivity contribution in [3.8, 4) is 0 Å². The molecule has 0 bridgehead atoms. The highest BCUT2D eigenvalue weighted by atomic mass is 16.5. The number of amides is 1. The Morgan fingerprint density at radius 1 is 1.38 bits per heavy atom. The number of likely N-dealkylation sites (N-methyl/N-ethyl adjacent to an activating group) is 1. The molecule has 0 spiro atoms. The number of nitrogens with zero attached hydrogens (tertiary/aromatic N) is 2. The monoisotopic (exact) mass is 298 g/mol. The molecule has 1 aliphatic heterocycles. The molecule has 5 nitrogen and oxygen atoms in total. The molecule has 1 N–H and O–H groups in total. The maximum Gasteiger partial charge on any atom is 0.223 e. The molecular weight excluding hydrogens is 268 g/mol. The number of aliphatic hydroxyl groups is 1. The summed E-state index contributed by atoms with van der Waals surface area (Å²) in [5.41, 5.74) is 0. The van der Waals surface area contributed by atoms with Crippen LogP contribution in [0.4, 0.5) is 0 Å². The molecular formula is C16H30N2O3. The first-order valence-corrected chi connectivity index (χ1v) is 8.37. The van der Waals surface area contributed by atoms with Crippen LogP contribution >= 0.6 is 0 Å². The van der Waals surface area contributed by atoms with E-state index in [0.717, 1.165) is 18.9 Å². The minimum Gasteiger partial charge on any atom is -0.395 e. The van der Waals surface area contributed by atoms with Gasteiger partial charge in [-0.05, 0) is 19.4 Å². The molecule has 1 saturated heterocycles. The summed E-state index contributed by atoms with van der Waals surface area (Å²) < 4.78 is 5.54. The Labute approximate surface area is 128 Å². The highest BCUT2D eigenvalue weighted by Crippen LogP contribution is 2.29. The van der Waals surface area contributed by atoms with Crippen LogP contribution < -0.4 is 0 Å². The van der Waals surface area contributed by atoms with E-state index in [9.17, 15) is 4.79 Å². The van der Waals surface area contributed by atoms with E-state index in [1.165, 1.54) is 25.7 Å². The van der Waals surface area contributed by atoms with Crippen molar-refractivity contribution in [1.82, 2.24) is 9.80 Å². The molecule has 0 aromatic heterocycles. The Morgan fingerprint density at radius 2 is 2.14 bits per heavy atom. The molecule has 1 atom stereocenters. The number of morpholine rings is 1. The first-order valence-electron chi connectivity index (χ1n) is 8.37. The largest absolute Gasteiger partial charge is 0.395 e. The number of hydrogen-bond donors (Lipinski definition) is 1. The van der Waals surface area contributed by atoms with Crippen molar-refractivity contribution < 1.29 is 14.6 Å². The van der Waals surface area contributed by atoms with Gasteiger partial charge in [-0.2, -0.15) is 0 Å². The predicted octanol–water partition coefficient (Wildman–Crippen LogP) is 1.11. The van der Waals surface area contributed by atoms with Gasteiger partial charge in [-0.3, -0.25) is 4.79 Å². The summed E-state index contributed by atoms with van der Waals surface area (Å²) in [4.78, 5) is 16.6. The zero-order chi connectivity index (χ0) is 15.1. The van der Waals surface area contributed by atoms with Gasteiger partial charge in [-0.1, -0.05) is 25.7 Å². The van der Waals surface area contributed by atoms with Gasteiger partial charge in [0.2, 0.25) is 5.91 Å². The third-order valence-electron chi connectivity index (χ3n) is 4.79. The summed E-state index contributed by atoms with van der Waals surface area (Å²) in [6.07, 6.45) is 7.02. The van der Waals surface area contributed by atoms with Crippen molar-refractivity contribution in [2.24, 2.45) is 5.92 Å². The average Bonchev–Trinajstić information content (AvgIpc) is 2.99. The van der Waals surface area contributed by atoms with E-state index in [2.05, 4.69) is 4.90 Å². The molecule has 0 aromatic rings. The van der Waals surface area contributed by atoms with Gasteiger partial charge in [0, 0.05) is 26.1 Å². The predicted molar refractivity (Wildman–Crippen MR) is 82.1 cm³/mol. The molecule has 0 unspecified atom stereocenters. The summed E-state index contributed by atoms with van der Waals surface area (Å²) in [6, 6.07) is 0.131. The first kappa shape index (κ1) is 16.7. The van der Waals surface area contributed by atoms with Gasteiger partial charge in [0.1, 0.15) is 0 Å². The number of carbonyl (C=O) groups is 1. The van der Waals surface area contributed by atoms with Gasteiger partial charge in [-0.15, -0.1) is 0 Å². The summed E-state index contributed by atoms with van der Waals surface area (Å²) in [6.45, 7) is 3.54. The summed E-state index contributed by atoms with van der Waals surface area (Å²) in [7, 11) is 1.98. The molecule has 2 aliphatic rings. The van der Waals surface area contributed by atoms with Gasteiger partial charge < -0.3 is 19.6 Å². The van der Waals surface area contributed by atoms with E-state index in [4.69, 9.17) is 9.84 Å². The summed E-state index contributed by atoms with van der Waals surface area (Å²) in [5.74, 6) is 1.05. The van der Waals surface area contributed by atoms with Gasteiger partial charge >= 0.3 is 0 Å². The van der Waals surface area contributed by atoms with E-state index < -0.39 is 0 Å². The van der Waals surface area contributed by atoms with Crippen LogP contribution in [0.1, 0.15) is 38.5 Å². The lowest BCUT2D eigenvalue weighted by Crippen LogP contribution is -2.53. The van der Waals surface area contributed by atoms with Crippen LogP contribution in [0.25, 0.3) is 0 Å². The number of hydrogen-bond acceptors (Lipinski definition) is 4. The van der Waals surface area contributed by atoms with Crippen LogP contribution in [-0.2, 0) is 9.53 Å². The van der Waals surface area contributed by atoms with Crippen LogP contribution in [-0.4, -0.2) is 73.4 Å².